The second-order valence-corrected chi connectivity index (χ2v) is 10.0. The van der Waals surface area contributed by atoms with Crippen LogP contribution in [0.15, 0.2) is 108 Å². The van der Waals surface area contributed by atoms with Crippen molar-refractivity contribution < 1.29 is 18.9 Å². The van der Waals surface area contributed by atoms with E-state index in [9.17, 15) is 4.79 Å². The van der Waals surface area contributed by atoms with Gasteiger partial charge in [-0.15, -0.1) is 0 Å². The van der Waals surface area contributed by atoms with Gasteiger partial charge in [0.2, 0.25) is 0 Å². The number of rotatable bonds is 10. The minimum absolute atomic E-state index is 0.155. The van der Waals surface area contributed by atoms with Crippen molar-refractivity contribution in [3.63, 3.8) is 0 Å². The average Bonchev–Trinajstić information content (AvgIpc) is 3.04. The summed E-state index contributed by atoms with van der Waals surface area (Å²) in [5, 5.41) is 0. The van der Waals surface area contributed by atoms with Crippen LogP contribution in [-0.4, -0.2) is 29.9 Å². The minimum atomic E-state index is -0.155. The van der Waals surface area contributed by atoms with Crippen LogP contribution < -0.4 is 19.8 Å². The Morgan fingerprint density at radius 2 is 1.48 bits per heavy atom. The molecule has 2 heterocycles. The third-order valence-corrected chi connectivity index (χ3v) is 7.19. The van der Waals surface area contributed by atoms with E-state index in [1.165, 1.54) is 0 Å². The second kappa shape index (κ2) is 12.7. The lowest BCUT2D eigenvalue weighted by atomic mass is 10.0. The van der Waals surface area contributed by atoms with Gasteiger partial charge in [0, 0.05) is 13.7 Å². The number of para-hydroxylation sites is 1. The van der Waals surface area contributed by atoms with E-state index in [-0.39, 0.29) is 12.2 Å². The smallest absolute Gasteiger partial charge is 0.262 e. The van der Waals surface area contributed by atoms with Gasteiger partial charge in [0.05, 0.1) is 23.4 Å². The number of aromatic nitrogens is 2. The summed E-state index contributed by atoms with van der Waals surface area (Å²) in [6, 6.07) is 33.4. The zero-order valence-corrected chi connectivity index (χ0v) is 23.5. The SMILES string of the molecule is COCc1nc(-c2ccccc2OCc2ccccc2)n(CCc2ccccc2)c(=O)c1-c1ccc2c(c1)OCCO2. The van der Waals surface area contributed by atoms with Crippen molar-refractivity contribution in [2.45, 2.75) is 26.2 Å². The van der Waals surface area contributed by atoms with Gasteiger partial charge in [0.25, 0.3) is 5.56 Å². The van der Waals surface area contributed by atoms with Gasteiger partial charge in [-0.3, -0.25) is 9.36 Å². The first kappa shape index (κ1) is 27.3. The van der Waals surface area contributed by atoms with Crippen molar-refractivity contribution in [2.24, 2.45) is 0 Å². The molecule has 212 valence electrons. The molecular weight excluding hydrogens is 528 g/mol. The fourth-order valence-corrected chi connectivity index (χ4v) is 5.14. The number of ether oxygens (including phenoxy) is 4. The second-order valence-electron chi connectivity index (χ2n) is 10.0. The molecule has 6 rings (SSSR count). The fourth-order valence-electron chi connectivity index (χ4n) is 5.14. The summed E-state index contributed by atoms with van der Waals surface area (Å²) in [6.45, 7) is 1.95. The molecule has 5 aromatic rings. The molecule has 1 aromatic heterocycles. The van der Waals surface area contributed by atoms with Gasteiger partial charge >= 0.3 is 0 Å². The Hall–Kier alpha value is -4.88. The summed E-state index contributed by atoms with van der Waals surface area (Å²) in [4.78, 5) is 19.6. The Kier molecular flexibility index (Phi) is 8.28. The summed E-state index contributed by atoms with van der Waals surface area (Å²) < 4.78 is 25.2. The van der Waals surface area contributed by atoms with Crippen LogP contribution in [0.1, 0.15) is 16.8 Å². The maximum atomic E-state index is 14.5. The van der Waals surface area contributed by atoms with Gasteiger partial charge in [-0.2, -0.15) is 0 Å². The van der Waals surface area contributed by atoms with Gasteiger partial charge in [-0.05, 0) is 47.4 Å². The molecule has 7 heteroatoms. The fraction of sp³-hybridized carbons (Fsp3) is 0.200. The van der Waals surface area contributed by atoms with Crippen molar-refractivity contribution in [1.82, 2.24) is 9.55 Å². The van der Waals surface area contributed by atoms with E-state index in [0.29, 0.717) is 72.7 Å². The minimum Gasteiger partial charge on any atom is -0.488 e. The van der Waals surface area contributed by atoms with Crippen LogP contribution in [0.25, 0.3) is 22.5 Å². The molecule has 0 radical (unpaired) electrons. The zero-order valence-electron chi connectivity index (χ0n) is 23.5. The van der Waals surface area contributed by atoms with E-state index < -0.39 is 0 Å². The summed E-state index contributed by atoms with van der Waals surface area (Å²) >= 11 is 0. The number of methoxy groups -OCH3 is 1. The molecule has 42 heavy (non-hydrogen) atoms. The summed E-state index contributed by atoms with van der Waals surface area (Å²) in [5.74, 6) is 2.46. The highest BCUT2D eigenvalue weighted by molar-refractivity contribution is 5.72. The van der Waals surface area contributed by atoms with Crippen LogP contribution in [0, 0.1) is 0 Å². The summed E-state index contributed by atoms with van der Waals surface area (Å²) in [7, 11) is 1.60. The Morgan fingerprint density at radius 3 is 2.24 bits per heavy atom. The highest BCUT2D eigenvalue weighted by atomic mass is 16.6. The van der Waals surface area contributed by atoms with Crippen molar-refractivity contribution >= 4 is 0 Å². The molecule has 0 N–H and O–H groups in total. The highest BCUT2D eigenvalue weighted by Gasteiger charge is 2.23. The molecule has 4 aromatic carbocycles. The van der Waals surface area contributed by atoms with E-state index in [1.54, 1.807) is 11.7 Å². The predicted octanol–water partition coefficient (Wildman–Crippen LogP) is 6.32. The number of hydrogen-bond acceptors (Lipinski definition) is 6. The zero-order chi connectivity index (χ0) is 28.7. The van der Waals surface area contributed by atoms with Crippen LogP contribution in [0.5, 0.6) is 17.2 Å². The lowest BCUT2D eigenvalue weighted by Gasteiger charge is -2.21. The first-order valence-electron chi connectivity index (χ1n) is 14.0. The van der Waals surface area contributed by atoms with Crippen LogP contribution in [0.4, 0.5) is 0 Å². The lowest BCUT2D eigenvalue weighted by Crippen LogP contribution is -2.28. The third-order valence-electron chi connectivity index (χ3n) is 7.19. The summed E-state index contributed by atoms with van der Waals surface area (Å²) in [6.07, 6.45) is 0.659. The molecule has 0 saturated carbocycles. The molecule has 7 nitrogen and oxygen atoms in total. The molecule has 0 unspecified atom stereocenters. The maximum Gasteiger partial charge on any atom is 0.262 e. The van der Waals surface area contributed by atoms with Crippen molar-refractivity contribution in [3.05, 3.63) is 130 Å². The van der Waals surface area contributed by atoms with Crippen LogP contribution >= 0.6 is 0 Å². The molecule has 0 fully saturated rings. The van der Waals surface area contributed by atoms with E-state index in [2.05, 4.69) is 12.1 Å². The molecule has 0 aliphatic carbocycles. The van der Waals surface area contributed by atoms with Crippen molar-refractivity contribution in [3.8, 4) is 39.8 Å². The van der Waals surface area contributed by atoms with Gasteiger partial charge in [-0.25, -0.2) is 4.98 Å². The predicted molar refractivity (Wildman–Crippen MR) is 162 cm³/mol. The standard InChI is InChI=1S/C35H32N2O5/c1-39-24-29-33(27-16-17-31-32(22-27)41-21-20-40-31)35(38)37(19-18-25-10-4-2-5-11-25)34(36-29)28-14-8-9-15-30(28)42-23-26-12-6-3-7-13-26/h2-17,22H,18-21,23-24H2,1H3. The molecule has 0 spiro atoms. The molecule has 0 amide bonds. The average molecular weight is 561 g/mol. The van der Waals surface area contributed by atoms with Gasteiger partial charge in [0.1, 0.15) is 31.4 Å². The van der Waals surface area contributed by atoms with Crippen molar-refractivity contribution in [2.75, 3.05) is 20.3 Å². The van der Waals surface area contributed by atoms with Crippen LogP contribution in [-0.2, 0) is 30.9 Å². The van der Waals surface area contributed by atoms with E-state index >= 15 is 0 Å². The van der Waals surface area contributed by atoms with Crippen LogP contribution in [0.3, 0.4) is 0 Å². The van der Waals surface area contributed by atoms with Crippen molar-refractivity contribution in [1.29, 1.82) is 0 Å². The van der Waals surface area contributed by atoms with E-state index in [0.717, 1.165) is 16.7 Å². The molecule has 1 aliphatic heterocycles. The number of hydrogen-bond donors (Lipinski definition) is 0. The number of aryl methyl sites for hydroxylation is 1. The lowest BCUT2D eigenvalue weighted by molar-refractivity contribution is 0.171. The largest absolute Gasteiger partial charge is 0.488 e. The highest BCUT2D eigenvalue weighted by Crippen LogP contribution is 2.36. The number of benzene rings is 4. The quantitative estimate of drug-likeness (QED) is 0.199. The Labute approximate surface area is 244 Å². The first-order chi connectivity index (χ1) is 20.7. The van der Waals surface area contributed by atoms with E-state index in [1.807, 2.05) is 91.0 Å². The Balaban J connectivity index is 1.48. The van der Waals surface area contributed by atoms with Crippen LogP contribution in [0.2, 0.25) is 0 Å². The normalized spacial score (nSPS) is 12.2. The van der Waals surface area contributed by atoms with Gasteiger partial charge in [0.15, 0.2) is 11.5 Å². The first-order valence-corrected chi connectivity index (χ1v) is 14.0. The molecule has 0 saturated heterocycles. The topological polar surface area (TPSA) is 71.8 Å². The van der Waals surface area contributed by atoms with Gasteiger partial charge < -0.3 is 18.9 Å². The Morgan fingerprint density at radius 1 is 0.786 bits per heavy atom. The van der Waals surface area contributed by atoms with Gasteiger partial charge in [-0.1, -0.05) is 78.9 Å². The third kappa shape index (κ3) is 5.92. The van der Waals surface area contributed by atoms with E-state index in [4.69, 9.17) is 23.9 Å². The maximum absolute atomic E-state index is 14.5. The molecular formula is C35H32N2O5. The number of nitrogens with zero attached hydrogens (tertiary/aromatic N) is 2. The molecule has 0 bridgehead atoms. The molecule has 0 atom stereocenters. The monoisotopic (exact) mass is 560 g/mol. The Bertz CT molecular complexity index is 1720. The summed E-state index contributed by atoms with van der Waals surface area (Å²) in [5.41, 5.74) is 4.50. The molecule has 1 aliphatic rings. The number of fused-ring (bicyclic) bond motifs is 1.